The topological polar surface area (TPSA) is 186 Å². The normalized spacial score (nSPS) is 16.2. The molecule has 16 nitrogen and oxygen atoms in total. The third-order valence-corrected chi connectivity index (χ3v) is 9.79. The molecule has 0 radical (unpaired) electrons. The van der Waals surface area contributed by atoms with Crippen LogP contribution in [0.1, 0.15) is 56.3 Å². The van der Waals surface area contributed by atoms with Gasteiger partial charge in [-0.05, 0) is 37.8 Å². The van der Waals surface area contributed by atoms with Gasteiger partial charge in [-0.3, -0.25) is 48.3 Å². The predicted molar refractivity (Wildman–Crippen MR) is 205 cm³/mol. The maximum atomic E-state index is 14.3. The highest BCUT2D eigenvalue weighted by Gasteiger charge is 2.33. The molecule has 2 atom stereocenters. The highest BCUT2D eigenvalue weighted by Crippen LogP contribution is 2.23. The number of aryl methyl sites for hydroxylation is 2. The maximum absolute atomic E-state index is 14.3. The molecule has 308 valence electrons. The Labute approximate surface area is 339 Å². The lowest BCUT2D eigenvalue weighted by molar-refractivity contribution is -0.120. The van der Waals surface area contributed by atoms with Crippen molar-refractivity contribution in [2.75, 3.05) is 23.9 Å². The predicted octanol–water partition coefficient (Wildman–Crippen LogP) is 3.41. The zero-order chi connectivity index (χ0) is 42.5. The molecule has 6 aromatic rings. The van der Waals surface area contributed by atoms with Gasteiger partial charge >= 0.3 is 0 Å². The molecular weight excluding hydrogens is 789 g/mol. The molecule has 0 saturated heterocycles. The van der Waals surface area contributed by atoms with Crippen molar-refractivity contribution >= 4 is 35.3 Å². The van der Waals surface area contributed by atoms with E-state index in [1.807, 2.05) is 0 Å². The number of rotatable bonds is 8. The minimum Gasteiger partial charge on any atom is -0.339 e. The Kier molecular flexibility index (Phi) is 12.0. The van der Waals surface area contributed by atoms with Gasteiger partial charge in [0, 0.05) is 50.0 Å². The lowest BCUT2D eigenvalue weighted by atomic mass is 10.1. The van der Waals surface area contributed by atoms with Gasteiger partial charge in [0.25, 0.3) is 23.6 Å². The van der Waals surface area contributed by atoms with E-state index in [4.69, 9.17) is 0 Å². The Morgan fingerprint density at radius 3 is 1.38 bits per heavy atom. The average molecular weight is 825 g/mol. The van der Waals surface area contributed by atoms with E-state index in [2.05, 4.69) is 40.8 Å². The van der Waals surface area contributed by atoms with E-state index >= 15 is 0 Å². The number of carbonyl (C=O) groups excluding carboxylic acids is 4. The molecule has 0 aliphatic carbocycles. The average Bonchev–Trinajstić information content (AvgIpc) is 3.75. The van der Waals surface area contributed by atoms with Crippen molar-refractivity contribution in [3.05, 3.63) is 143 Å². The third-order valence-electron chi connectivity index (χ3n) is 9.79. The molecule has 2 aliphatic rings. The first-order chi connectivity index (χ1) is 28.9. The van der Waals surface area contributed by atoms with Gasteiger partial charge in [0.2, 0.25) is 0 Å². The fourth-order valence-corrected chi connectivity index (χ4v) is 6.70. The van der Waals surface area contributed by atoms with E-state index < -0.39 is 58.6 Å². The number of likely N-dealkylation sites (N-methyl/N-ethyl adjacent to an activating group) is 2. The van der Waals surface area contributed by atoms with E-state index in [-0.39, 0.29) is 37.7 Å². The van der Waals surface area contributed by atoms with Gasteiger partial charge in [0.15, 0.2) is 34.7 Å². The van der Waals surface area contributed by atoms with Crippen LogP contribution < -0.4 is 20.4 Å². The first kappa shape index (κ1) is 40.8. The van der Waals surface area contributed by atoms with Crippen LogP contribution in [0.5, 0.6) is 0 Å². The summed E-state index contributed by atoms with van der Waals surface area (Å²) in [6.07, 6.45) is 9.51. The van der Waals surface area contributed by atoms with Crippen LogP contribution >= 0.6 is 0 Å². The van der Waals surface area contributed by atoms with Gasteiger partial charge in [0.05, 0.1) is 36.9 Å². The summed E-state index contributed by atoms with van der Waals surface area (Å²) in [5.74, 6) is -4.16. The van der Waals surface area contributed by atoms with E-state index in [0.717, 1.165) is 21.8 Å². The first-order valence-corrected chi connectivity index (χ1v) is 18.6. The zero-order valence-corrected chi connectivity index (χ0v) is 32.1. The Morgan fingerprint density at radius 1 is 0.600 bits per heavy atom. The number of fused-ring (bicyclic) bond motifs is 2. The van der Waals surface area contributed by atoms with Crippen LogP contribution in [-0.4, -0.2) is 89.3 Å². The molecule has 0 saturated carbocycles. The second kappa shape index (κ2) is 17.6. The number of hydrogen-bond donors (Lipinski definition) is 2. The molecule has 0 spiro atoms. The van der Waals surface area contributed by atoms with Gasteiger partial charge in [-0.2, -0.15) is 10.2 Å². The standard InChI is InChI=1S/2C20H18F2N6O2/c2*1-27-18-15(23-8-9-24-18)6-7-16(20(27)30)25-19(29)17-14(22)11-28(26-17)10-12-4-2-3-5-13(12)21/h2*2-5,8-9,11,16H,6-7,10H2,1H3,(H,25,29)/t2*16-/m10/s1. The van der Waals surface area contributed by atoms with Gasteiger partial charge in [-0.1, -0.05) is 36.4 Å². The molecule has 2 aromatic carbocycles. The maximum Gasteiger partial charge on any atom is 0.275 e. The van der Waals surface area contributed by atoms with E-state index in [9.17, 15) is 36.7 Å². The number of carbonyl (C=O) groups is 4. The highest BCUT2D eigenvalue weighted by atomic mass is 19.1. The van der Waals surface area contributed by atoms with E-state index in [1.54, 1.807) is 50.5 Å². The summed E-state index contributed by atoms with van der Waals surface area (Å²) in [6, 6.07) is 10.3. The number of benzene rings is 2. The molecule has 0 bridgehead atoms. The van der Waals surface area contributed by atoms with Crippen molar-refractivity contribution in [2.24, 2.45) is 0 Å². The van der Waals surface area contributed by atoms with Crippen molar-refractivity contribution in [1.82, 2.24) is 50.1 Å². The number of amides is 4. The second-order valence-electron chi connectivity index (χ2n) is 13.8. The number of nitrogens with zero attached hydrogens (tertiary/aromatic N) is 10. The van der Waals surface area contributed by atoms with Gasteiger partial charge in [-0.25, -0.2) is 27.5 Å². The minimum absolute atomic E-state index is 0.0331. The van der Waals surface area contributed by atoms with Crippen LogP contribution in [0, 0.1) is 23.3 Å². The second-order valence-corrected chi connectivity index (χ2v) is 13.8. The van der Waals surface area contributed by atoms with Gasteiger partial charge in [-0.15, -0.1) is 0 Å². The van der Waals surface area contributed by atoms with Crippen LogP contribution in [-0.2, 0) is 35.5 Å². The number of anilines is 2. The zero-order valence-electron chi connectivity index (χ0n) is 32.1. The number of aromatic nitrogens is 8. The molecule has 2 N–H and O–H groups in total. The van der Waals surface area contributed by atoms with Crippen molar-refractivity contribution in [2.45, 2.75) is 50.9 Å². The summed E-state index contributed by atoms with van der Waals surface area (Å²) in [6.45, 7) is -0.0662. The molecular formula is C40H36F4N12O4. The third kappa shape index (κ3) is 8.86. The number of nitrogens with one attached hydrogen (secondary N) is 2. The molecule has 8 rings (SSSR count). The van der Waals surface area contributed by atoms with Crippen molar-refractivity contribution in [3.8, 4) is 0 Å². The lowest BCUT2D eigenvalue weighted by Gasteiger charge is -2.20. The fourth-order valence-electron chi connectivity index (χ4n) is 6.70. The Hall–Kier alpha value is -7.38. The highest BCUT2D eigenvalue weighted by molar-refractivity contribution is 6.02. The minimum atomic E-state index is -0.880. The number of hydrogen-bond acceptors (Lipinski definition) is 10. The van der Waals surface area contributed by atoms with Crippen molar-refractivity contribution in [1.29, 1.82) is 0 Å². The van der Waals surface area contributed by atoms with Crippen LogP contribution in [0.4, 0.5) is 29.2 Å². The smallest absolute Gasteiger partial charge is 0.275 e. The number of halogens is 4. The Balaban J connectivity index is 0.000000181. The molecule has 2 aliphatic heterocycles. The Bertz CT molecular complexity index is 2410. The van der Waals surface area contributed by atoms with Gasteiger partial charge < -0.3 is 10.6 Å². The summed E-state index contributed by atoms with van der Waals surface area (Å²) in [5.41, 5.74) is 0.992. The van der Waals surface area contributed by atoms with Crippen molar-refractivity contribution < 1.29 is 36.7 Å². The van der Waals surface area contributed by atoms with Crippen LogP contribution in [0.3, 0.4) is 0 Å². The molecule has 6 heterocycles. The molecule has 0 unspecified atom stereocenters. The van der Waals surface area contributed by atoms with Crippen LogP contribution in [0.2, 0.25) is 0 Å². The van der Waals surface area contributed by atoms with Crippen LogP contribution in [0.25, 0.3) is 0 Å². The van der Waals surface area contributed by atoms with E-state index in [0.29, 0.717) is 47.0 Å². The Morgan fingerprint density at radius 2 is 0.983 bits per heavy atom. The molecule has 20 heteroatoms. The summed E-state index contributed by atoms with van der Waals surface area (Å²) in [5, 5.41) is 13.0. The summed E-state index contributed by atoms with van der Waals surface area (Å²) >= 11 is 0. The SMILES string of the molecule is CN1C(=O)[C@@H](NC(=O)c2nn(Cc3ccccc3F)cc2F)CCc2nccnc21.CN1C(=O)[C@H](NC(=O)c2nn(Cc3ccccc3F)cc2F)CCc2nccnc21. The lowest BCUT2D eigenvalue weighted by Crippen LogP contribution is -2.47. The molecule has 4 amide bonds. The van der Waals surface area contributed by atoms with Gasteiger partial charge in [0.1, 0.15) is 23.7 Å². The fraction of sp³-hybridized carbons (Fsp3) is 0.250. The van der Waals surface area contributed by atoms with E-state index in [1.165, 1.54) is 46.7 Å². The quantitative estimate of drug-likeness (QED) is 0.216. The van der Waals surface area contributed by atoms with Crippen LogP contribution in [0.15, 0.2) is 85.7 Å². The summed E-state index contributed by atoms with van der Waals surface area (Å²) in [7, 11) is 3.09. The molecule has 4 aromatic heterocycles. The molecule has 60 heavy (non-hydrogen) atoms. The molecule has 0 fully saturated rings. The monoisotopic (exact) mass is 824 g/mol. The van der Waals surface area contributed by atoms with Crippen molar-refractivity contribution in [3.63, 3.8) is 0 Å². The summed E-state index contributed by atoms with van der Waals surface area (Å²) in [4.78, 5) is 70.1. The first-order valence-electron chi connectivity index (χ1n) is 18.6. The summed E-state index contributed by atoms with van der Waals surface area (Å²) < 4.78 is 58.6. The largest absolute Gasteiger partial charge is 0.339 e.